The van der Waals surface area contributed by atoms with Gasteiger partial charge in [-0.1, -0.05) is 52.3 Å². The molecule has 0 bridgehead atoms. The van der Waals surface area contributed by atoms with E-state index in [1.165, 1.54) is 11.1 Å². The lowest BCUT2D eigenvalue weighted by atomic mass is 10.1. The van der Waals surface area contributed by atoms with Crippen molar-refractivity contribution in [3.05, 3.63) is 46.5 Å². The minimum atomic E-state index is 0.813. The minimum Gasteiger partial charge on any atom is -0.308 e. The zero-order chi connectivity index (χ0) is 9.68. The Balaban J connectivity index is 2.37. The van der Waals surface area contributed by atoms with E-state index in [0.29, 0.717) is 0 Å². The first-order valence-corrected chi connectivity index (χ1v) is 5.07. The Morgan fingerprint density at radius 2 is 2.00 bits per heavy atom. The molecule has 13 heavy (non-hydrogen) atoms. The van der Waals surface area contributed by atoms with E-state index in [2.05, 4.69) is 59.0 Å². The molecule has 0 unspecified atom stereocenters. The second-order valence-electron chi connectivity index (χ2n) is 3.11. The summed E-state index contributed by atoms with van der Waals surface area (Å²) in [6.45, 7) is 7.56. The molecule has 0 aliphatic carbocycles. The van der Waals surface area contributed by atoms with Gasteiger partial charge in [0.1, 0.15) is 0 Å². The molecule has 0 aliphatic rings. The number of nitrogens with one attached hydrogen (secondary N) is 1. The number of hydrogen-bond acceptors (Lipinski definition) is 1. The molecule has 0 spiro atoms. The molecule has 2 heteroatoms. The minimum absolute atomic E-state index is 0.813. The van der Waals surface area contributed by atoms with E-state index < -0.39 is 0 Å². The fourth-order valence-electron chi connectivity index (χ4n) is 1.05. The van der Waals surface area contributed by atoms with Crippen LogP contribution in [-0.2, 0) is 6.54 Å². The molecule has 1 N–H and O–H groups in total. The maximum absolute atomic E-state index is 3.75. The topological polar surface area (TPSA) is 12.0 Å². The summed E-state index contributed by atoms with van der Waals surface area (Å²) in [4.78, 5) is 0. The number of benzene rings is 1. The van der Waals surface area contributed by atoms with E-state index in [1.54, 1.807) is 0 Å². The molecular weight excluding hydrogens is 226 g/mol. The molecular formula is C11H14BrN. The van der Waals surface area contributed by atoms with Crippen molar-refractivity contribution in [3.63, 3.8) is 0 Å². The lowest BCUT2D eigenvalue weighted by Gasteiger charge is -2.03. The summed E-state index contributed by atoms with van der Waals surface area (Å²) in [6.07, 6.45) is 0. The molecule has 0 saturated carbocycles. The Kier molecular flexibility index (Phi) is 4.19. The fourth-order valence-corrected chi connectivity index (χ4v) is 1.25. The van der Waals surface area contributed by atoms with Crippen molar-refractivity contribution in [3.8, 4) is 0 Å². The van der Waals surface area contributed by atoms with Crippen molar-refractivity contribution in [2.45, 2.75) is 13.5 Å². The first-order chi connectivity index (χ1) is 6.18. The van der Waals surface area contributed by atoms with Crippen LogP contribution in [0.4, 0.5) is 0 Å². The SMILES string of the molecule is C=C(Br)CNCc1ccc(C)cc1. The van der Waals surface area contributed by atoms with Gasteiger partial charge in [-0.15, -0.1) is 0 Å². The predicted molar refractivity (Wildman–Crippen MR) is 61.0 cm³/mol. The van der Waals surface area contributed by atoms with E-state index in [-0.39, 0.29) is 0 Å². The van der Waals surface area contributed by atoms with Gasteiger partial charge >= 0.3 is 0 Å². The van der Waals surface area contributed by atoms with Gasteiger partial charge in [0.25, 0.3) is 0 Å². The van der Waals surface area contributed by atoms with Crippen molar-refractivity contribution < 1.29 is 0 Å². The number of rotatable bonds is 4. The Hall–Kier alpha value is -0.600. The van der Waals surface area contributed by atoms with Gasteiger partial charge < -0.3 is 5.32 Å². The maximum atomic E-state index is 3.75. The van der Waals surface area contributed by atoms with Crippen LogP contribution >= 0.6 is 15.9 Å². The third-order valence-electron chi connectivity index (χ3n) is 1.77. The van der Waals surface area contributed by atoms with Crippen LogP contribution in [0.5, 0.6) is 0 Å². The highest BCUT2D eigenvalue weighted by Gasteiger charge is 1.92. The van der Waals surface area contributed by atoms with E-state index >= 15 is 0 Å². The highest BCUT2D eigenvalue weighted by Crippen LogP contribution is 2.03. The highest BCUT2D eigenvalue weighted by molar-refractivity contribution is 9.11. The molecule has 1 aromatic carbocycles. The molecule has 0 heterocycles. The molecule has 0 saturated heterocycles. The van der Waals surface area contributed by atoms with Gasteiger partial charge in [0.15, 0.2) is 0 Å². The Labute approximate surface area is 88.0 Å². The first-order valence-electron chi connectivity index (χ1n) is 4.28. The summed E-state index contributed by atoms with van der Waals surface area (Å²) in [5.74, 6) is 0. The van der Waals surface area contributed by atoms with Crippen LogP contribution < -0.4 is 5.32 Å². The number of aryl methyl sites for hydroxylation is 1. The lowest BCUT2D eigenvalue weighted by Crippen LogP contribution is -2.14. The second-order valence-corrected chi connectivity index (χ2v) is 4.23. The summed E-state index contributed by atoms with van der Waals surface area (Å²) in [5.41, 5.74) is 2.60. The summed E-state index contributed by atoms with van der Waals surface area (Å²) < 4.78 is 0.986. The first kappa shape index (κ1) is 10.5. The molecule has 1 rings (SSSR count). The zero-order valence-corrected chi connectivity index (χ0v) is 9.39. The third kappa shape index (κ3) is 4.25. The summed E-state index contributed by atoms with van der Waals surface area (Å²) in [6, 6.07) is 8.53. The van der Waals surface area contributed by atoms with Gasteiger partial charge in [0.2, 0.25) is 0 Å². The van der Waals surface area contributed by atoms with Gasteiger partial charge in [-0.2, -0.15) is 0 Å². The van der Waals surface area contributed by atoms with Crippen molar-refractivity contribution in [2.24, 2.45) is 0 Å². The van der Waals surface area contributed by atoms with Crippen LogP contribution in [0.3, 0.4) is 0 Å². The van der Waals surface area contributed by atoms with Crippen LogP contribution in [0.2, 0.25) is 0 Å². The van der Waals surface area contributed by atoms with Crippen LogP contribution in [-0.4, -0.2) is 6.54 Å². The van der Waals surface area contributed by atoms with Crippen LogP contribution in [0, 0.1) is 6.92 Å². The normalized spacial score (nSPS) is 10.0. The summed E-state index contributed by atoms with van der Waals surface area (Å²) in [5, 5.41) is 3.27. The Bertz CT molecular complexity index is 277. The van der Waals surface area contributed by atoms with Gasteiger partial charge in [0, 0.05) is 17.6 Å². The van der Waals surface area contributed by atoms with E-state index in [0.717, 1.165) is 17.6 Å². The van der Waals surface area contributed by atoms with E-state index in [9.17, 15) is 0 Å². The molecule has 0 radical (unpaired) electrons. The van der Waals surface area contributed by atoms with Gasteiger partial charge in [-0.05, 0) is 12.5 Å². The maximum Gasteiger partial charge on any atom is 0.0268 e. The van der Waals surface area contributed by atoms with Crippen molar-refractivity contribution in [1.29, 1.82) is 0 Å². The average molecular weight is 240 g/mol. The van der Waals surface area contributed by atoms with Crippen molar-refractivity contribution in [2.75, 3.05) is 6.54 Å². The number of hydrogen-bond donors (Lipinski definition) is 1. The molecule has 0 aliphatic heterocycles. The number of halogens is 1. The summed E-state index contributed by atoms with van der Waals surface area (Å²) in [7, 11) is 0. The molecule has 0 fully saturated rings. The standard InChI is InChI=1S/C11H14BrN/c1-9-3-5-11(6-4-9)8-13-7-10(2)12/h3-6,13H,2,7-8H2,1H3. The molecule has 1 nitrogen and oxygen atoms in total. The Morgan fingerprint density at radius 3 is 2.54 bits per heavy atom. The van der Waals surface area contributed by atoms with Crippen molar-refractivity contribution in [1.82, 2.24) is 5.32 Å². The van der Waals surface area contributed by atoms with Gasteiger partial charge in [0.05, 0.1) is 0 Å². The van der Waals surface area contributed by atoms with Crippen LogP contribution in [0.1, 0.15) is 11.1 Å². The molecule has 0 aromatic heterocycles. The van der Waals surface area contributed by atoms with Gasteiger partial charge in [-0.25, -0.2) is 0 Å². The summed E-state index contributed by atoms with van der Waals surface area (Å²) >= 11 is 3.30. The molecule has 1 aromatic rings. The average Bonchev–Trinajstić information content (AvgIpc) is 2.08. The monoisotopic (exact) mass is 239 g/mol. The van der Waals surface area contributed by atoms with Crippen LogP contribution in [0.15, 0.2) is 35.3 Å². The predicted octanol–water partition coefficient (Wildman–Crippen LogP) is 2.99. The van der Waals surface area contributed by atoms with Crippen molar-refractivity contribution >= 4 is 15.9 Å². The van der Waals surface area contributed by atoms with Crippen LogP contribution in [0.25, 0.3) is 0 Å². The second kappa shape index (κ2) is 5.20. The molecule has 0 atom stereocenters. The van der Waals surface area contributed by atoms with Gasteiger partial charge in [-0.3, -0.25) is 0 Å². The third-order valence-corrected chi connectivity index (χ3v) is 2.05. The molecule has 70 valence electrons. The highest BCUT2D eigenvalue weighted by atomic mass is 79.9. The largest absolute Gasteiger partial charge is 0.308 e. The smallest absolute Gasteiger partial charge is 0.0268 e. The quantitative estimate of drug-likeness (QED) is 0.853. The van der Waals surface area contributed by atoms with E-state index in [4.69, 9.17) is 0 Å². The zero-order valence-electron chi connectivity index (χ0n) is 7.81. The lowest BCUT2D eigenvalue weighted by molar-refractivity contribution is 0.757. The Morgan fingerprint density at radius 1 is 1.38 bits per heavy atom. The molecule has 0 amide bonds. The van der Waals surface area contributed by atoms with E-state index in [1.807, 2.05) is 0 Å². The fraction of sp³-hybridized carbons (Fsp3) is 0.273.